The van der Waals surface area contributed by atoms with E-state index in [0.717, 1.165) is 23.4 Å². The first-order chi connectivity index (χ1) is 19.4. The number of carbonyl (C=O) groups excluding carboxylic acids is 2. The molecule has 0 radical (unpaired) electrons. The fraction of sp³-hybridized carbons (Fsp3) is 0.250. The summed E-state index contributed by atoms with van der Waals surface area (Å²) in [7, 11) is 3.37. The van der Waals surface area contributed by atoms with Crippen molar-refractivity contribution >= 4 is 34.6 Å². The standard InChI is InChI=1S/C10H11NO.C9H9N.C9H12O.C4H8N2O2/c1-7-5-8-6-9(12-2)3-4-10(8)11-7;1-7-6-10-9-5-3-2-4-8(7)9;1-3-8-5-4-6-9(7-8)10-2;7-3-5-1-2-6-4-8/h3-6,11H,1-2H3;2-6,10H,1H3;4-7H,3H2,1-2H3;3-4H,1-2H2,(H,5,7)(H,6,8). The van der Waals surface area contributed by atoms with E-state index >= 15 is 0 Å². The number of aromatic nitrogens is 2. The Morgan fingerprint density at radius 3 is 2.08 bits per heavy atom. The molecule has 8 nitrogen and oxygen atoms in total. The minimum atomic E-state index is 0.488. The van der Waals surface area contributed by atoms with Gasteiger partial charge in [0.25, 0.3) is 0 Å². The molecule has 212 valence electrons. The maximum atomic E-state index is 9.54. The van der Waals surface area contributed by atoms with Crippen LogP contribution < -0.4 is 20.1 Å². The Morgan fingerprint density at radius 1 is 0.775 bits per heavy atom. The van der Waals surface area contributed by atoms with Crippen LogP contribution in [-0.4, -0.2) is 50.1 Å². The number of fused-ring (bicyclic) bond motifs is 2. The summed E-state index contributed by atoms with van der Waals surface area (Å²) in [5, 5.41) is 7.28. The average Bonchev–Trinajstić information content (AvgIpc) is 3.57. The van der Waals surface area contributed by atoms with E-state index in [-0.39, 0.29) is 0 Å². The molecule has 8 heteroatoms. The zero-order valence-electron chi connectivity index (χ0n) is 23.9. The lowest BCUT2D eigenvalue weighted by Crippen LogP contribution is -2.25. The normalized spacial score (nSPS) is 9.62. The molecule has 3 aromatic carbocycles. The summed E-state index contributed by atoms with van der Waals surface area (Å²) < 4.78 is 10.2. The maximum absolute atomic E-state index is 9.54. The number of hydrogen-bond acceptors (Lipinski definition) is 4. The maximum Gasteiger partial charge on any atom is 0.207 e. The molecule has 0 spiro atoms. The van der Waals surface area contributed by atoms with Crippen LogP contribution in [0.2, 0.25) is 0 Å². The zero-order chi connectivity index (χ0) is 29.2. The highest BCUT2D eigenvalue weighted by Crippen LogP contribution is 2.20. The number of benzene rings is 3. The Hall–Kier alpha value is -4.72. The van der Waals surface area contributed by atoms with Gasteiger partial charge in [-0.25, -0.2) is 0 Å². The first kappa shape index (κ1) is 31.5. The molecule has 0 aliphatic carbocycles. The van der Waals surface area contributed by atoms with E-state index in [1.165, 1.54) is 33.1 Å². The van der Waals surface area contributed by atoms with Crippen LogP contribution in [0.25, 0.3) is 21.8 Å². The van der Waals surface area contributed by atoms with Crippen molar-refractivity contribution < 1.29 is 19.1 Å². The van der Waals surface area contributed by atoms with Gasteiger partial charge in [-0.2, -0.15) is 0 Å². The summed E-state index contributed by atoms with van der Waals surface area (Å²) in [5.41, 5.74) is 6.20. The van der Waals surface area contributed by atoms with Gasteiger partial charge < -0.3 is 30.1 Å². The summed E-state index contributed by atoms with van der Waals surface area (Å²) in [4.78, 5) is 25.5. The van der Waals surface area contributed by atoms with E-state index in [1.807, 2.05) is 49.5 Å². The number of methoxy groups -OCH3 is 2. The molecule has 0 saturated heterocycles. The third-order valence-corrected chi connectivity index (χ3v) is 5.88. The molecule has 2 heterocycles. The first-order valence-corrected chi connectivity index (χ1v) is 13.1. The molecule has 4 N–H and O–H groups in total. The fourth-order valence-electron chi connectivity index (χ4n) is 3.75. The largest absolute Gasteiger partial charge is 0.497 e. The van der Waals surface area contributed by atoms with Crippen LogP contribution in [0, 0.1) is 13.8 Å². The van der Waals surface area contributed by atoms with Crippen molar-refractivity contribution in [2.24, 2.45) is 0 Å². The quantitative estimate of drug-likeness (QED) is 0.148. The number of hydrogen-bond donors (Lipinski definition) is 4. The average molecular weight is 545 g/mol. The molecular formula is C32H40N4O4. The van der Waals surface area contributed by atoms with E-state index in [1.54, 1.807) is 14.2 Å². The van der Waals surface area contributed by atoms with E-state index < -0.39 is 0 Å². The Morgan fingerprint density at radius 2 is 1.45 bits per heavy atom. The van der Waals surface area contributed by atoms with Crippen molar-refractivity contribution in [1.82, 2.24) is 20.6 Å². The number of H-pyrrole nitrogens is 2. The van der Waals surface area contributed by atoms with Gasteiger partial charge in [-0.05, 0) is 73.9 Å². The molecule has 0 saturated carbocycles. The van der Waals surface area contributed by atoms with Gasteiger partial charge >= 0.3 is 0 Å². The highest BCUT2D eigenvalue weighted by atomic mass is 16.5. The number of rotatable bonds is 8. The number of para-hydroxylation sites is 1. The molecule has 0 atom stereocenters. The molecule has 40 heavy (non-hydrogen) atoms. The molecule has 0 aliphatic rings. The van der Waals surface area contributed by atoms with Crippen molar-refractivity contribution in [1.29, 1.82) is 0 Å². The van der Waals surface area contributed by atoms with Crippen molar-refractivity contribution in [3.8, 4) is 11.5 Å². The van der Waals surface area contributed by atoms with Crippen LogP contribution in [0.3, 0.4) is 0 Å². The van der Waals surface area contributed by atoms with Gasteiger partial charge in [0.2, 0.25) is 12.8 Å². The van der Waals surface area contributed by atoms with Gasteiger partial charge in [0.1, 0.15) is 11.5 Å². The second-order valence-electron chi connectivity index (χ2n) is 8.77. The van der Waals surface area contributed by atoms with Crippen LogP contribution in [-0.2, 0) is 16.0 Å². The smallest absolute Gasteiger partial charge is 0.207 e. The topological polar surface area (TPSA) is 108 Å². The van der Waals surface area contributed by atoms with E-state index in [9.17, 15) is 9.59 Å². The van der Waals surface area contributed by atoms with Gasteiger partial charge in [0.05, 0.1) is 14.2 Å². The summed E-state index contributed by atoms with van der Waals surface area (Å²) in [6.45, 7) is 7.27. The molecular weight excluding hydrogens is 504 g/mol. The number of aromatic amines is 2. The lowest BCUT2D eigenvalue weighted by molar-refractivity contribution is -0.111. The van der Waals surface area contributed by atoms with Gasteiger partial charge in [0, 0.05) is 46.8 Å². The van der Waals surface area contributed by atoms with Gasteiger partial charge in [-0.1, -0.05) is 37.3 Å². The first-order valence-electron chi connectivity index (χ1n) is 13.1. The number of nitrogens with one attached hydrogen (secondary N) is 4. The highest BCUT2D eigenvalue weighted by Gasteiger charge is 1.98. The second kappa shape index (κ2) is 17.7. The summed E-state index contributed by atoms with van der Waals surface area (Å²) in [6.07, 6.45) is 4.28. The molecule has 0 unspecified atom stereocenters. The molecule has 0 aliphatic heterocycles. The molecule has 5 rings (SSSR count). The third kappa shape index (κ3) is 10.6. The van der Waals surface area contributed by atoms with Crippen molar-refractivity contribution in [2.45, 2.75) is 27.2 Å². The zero-order valence-corrected chi connectivity index (χ0v) is 23.9. The van der Waals surface area contributed by atoms with Crippen LogP contribution in [0.5, 0.6) is 11.5 Å². The SMILES string of the molecule is CCc1cccc(OC)c1.COc1ccc2[nH]c(C)cc2c1.Cc1c[nH]c2ccccc12.O=CNCCNC=O. The minimum Gasteiger partial charge on any atom is -0.497 e. The molecule has 5 aromatic rings. The van der Waals surface area contributed by atoms with Crippen LogP contribution >= 0.6 is 0 Å². The predicted octanol–water partition coefficient (Wildman–Crippen LogP) is 5.70. The fourth-order valence-corrected chi connectivity index (χ4v) is 3.75. The van der Waals surface area contributed by atoms with Crippen LogP contribution in [0.4, 0.5) is 0 Å². The number of carbonyl (C=O) groups is 2. The monoisotopic (exact) mass is 544 g/mol. The van der Waals surface area contributed by atoms with Crippen molar-refractivity contribution in [2.75, 3.05) is 27.3 Å². The Bertz CT molecular complexity index is 1410. The summed E-state index contributed by atoms with van der Waals surface area (Å²) in [5.74, 6) is 1.85. The van der Waals surface area contributed by atoms with E-state index in [4.69, 9.17) is 9.47 Å². The lowest BCUT2D eigenvalue weighted by atomic mass is 10.2. The minimum absolute atomic E-state index is 0.488. The van der Waals surface area contributed by atoms with E-state index in [2.05, 4.69) is 70.8 Å². The Balaban J connectivity index is 0.000000189. The van der Waals surface area contributed by atoms with Gasteiger partial charge in [-0.15, -0.1) is 0 Å². The van der Waals surface area contributed by atoms with Crippen molar-refractivity contribution in [3.63, 3.8) is 0 Å². The number of aryl methyl sites for hydroxylation is 3. The third-order valence-electron chi connectivity index (χ3n) is 5.88. The van der Waals surface area contributed by atoms with E-state index in [0.29, 0.717) is 25.9 Å². The van der Waals surface area contributed by atoms with Crippen molar-refractivity contribution in [3.05, 3.63) is 95.8 Å². The predicted molar refractivity (Wildman–Crippen MR) is 163 cm³/mol. The molecule has 0 fully saturated rings. The number of amides is 2. The summed E-state index contributed by atoms with van der Waals surface area (Å²) in [6, 6.07) is 24.6. The van der Waals surface area contributed by atoms with Gasteiger partial charge in [0.15, 0.2) is 0 Å². The van der Waals surface area contributed by atoms with Crippen LogP contribution in [0.1, 0.15) is 23.7 Å². The lowest BCUT2D eigenvalue weighted by Gasteiger charge is -2.00. The highest BCUT2D eigenvalue weighted by molar-refractivity contribution is 5.83. The Kier molecular flexibility index (Phi) is 14.0. The molecule has 0 bridgehead atoms. The van der Waals surface area contributed by atoms with Crippen LogP contribution in [0.15, 0.2) is 79.0 Å². The second-order valence-corrected chi connectivity index (χ2v) is 8.77. The summed E-state index contributed by atoms with van der Waals surface area (Å²) >= 11 is 0. The molecule has 2 amide bonds. The van der Waals surface area contributed by atoms with Gasteiger partial charge in [-0.3, -0.25) is 9.59 Å². The Labute approximate surface area is 236 Å². The molecule has 2 aromatic heterocycles. The number of ether oxygens (including phenoxy) is 2.